The number of carbonyl (C=O) groups is 1. The van der Waals surface area contributed by atoms with E-state index < -0.39 is 18.0 Å². The van der Waals surface area contributed by atoms with Crippen LogP contribution >= 0.6 is 0 Å². The molecule has 1 heterocycles. The topological polar surface area (TPSA) is 67.0 Å². The van der Waals surface area contributed by atoms with Gasteiger partial charge in [0.1, 0.15) is 0 Å². The summed E-state index contributed by atoms with van der Waals surface area (Å²) in [5.41, 5.74) is 3.28. The van der Waals surface area contributed by atoms with Gasteiger partial charge in [0.2, 0.25) is 5.82 Å². The number of alkyl halides is 3. The van der Waals surface area contributed by atoms with Gasteiger partial charge in [0, 0.05) is 12.7 Å². The lowest BCUT2D eigenvalue weighted by molar-refractivity contribution is -0.144. The monoisotopic (exact) mass is 439 g/mol. The van der Waals surface area contributed by atoms with Gasteiger partial charge in [-0.15, -0.1) is 0 Å². The Morgan fingerprint density at radius 1 is 1.03 bits per heavy atom. The highest BCUT2D eigenvalue weighted by Crippen LogP contribution is 2.30. The van der Waals surface area contributed by atoms with E-state index in [9.17, 15) is 18.0 Å². The zero-order valence-electron chi connectivity index (χ0n) is 17.1. The number of ether oxygens (including phenoxy) is 1. The van der Waals surface area contributed by atoms with Crippen molar-refractivity contribution in [3.63, 3.8) is 0 Å². The SMILES string of the molecule is COCc1ccc(C(=O)NC(c2ccccc2)c2ccc3nc(C(F)(F)F)[nH]c3c2)cc1. The fourth-order valence-electron chi connectivity index (χ4n) is 3.48. The molecule has 32 heavy (non-hydrogen) atoms. The number of rotatable bonds is 6. The molecule has 2 N–H and O–H groups in total. The molecular weight excluding hydrogens is 419 g/mol. The Bertz CT molecular complexity index is 1220. The lowest BCUT2D eigenvalue weighted by atomic mass is 9.97. The van der Waals surface area contributed by atoms with Crippen molar-refractivity contribution in [2.75, 3.05) is 7.11 Å². The van der Waals surface area contributed by atoms with E-state index in [4.69, 9.17) is 4.74 Å². The van der Waals surface area contributed by atoms with Crippen LogP contribution in [0.5, 0.6) is 0 Å². The average molecular weight is 439 g/mol. The first kappa shape index (κ1) is 21.6. The van der Waals surface area contributed by atoms with Gasteiger partial charge < -0.3 is 15.0 Å². The number of aromatic nitrogens is 2. The van der Waals surface area contributed by atoms with Crippen LogP contribution in [-0.2, 0) is 17.5 Å². The highest BCUT2D eigenvalue weighted by Gasteiger charge is 2.34. The number of fused-ring (bicyclic) bond motifs is 1. The van der Waals surface area contributed by atoms with Crippen molar-refractivity contribution in [3.8, 4) is 0 Å². The van der Waals surface area contributed by atoms with Crippen LogP contribution in [0.4, 0.5) is 13.2 Å². The van der Waals surface area contributed by atoms with Gasteiger partial charge in [-0.2, -0.15) is 13.2 Å². The highest BCUT2D eigenvalue weighted by molar-refractivity contribution is 5.94. The van der Waals surface area contributed by atoms with Gasteiger partial charge >= 0.3 is 6.18 Å². The number of benzene rings is 3. The Kier molecular flexibility index (Phi) is 5.96. The predicted molar refractivity (Wildman–Crippen MR) is 114 cm³/mol. The molecule has 0 spiro atoms. The molecule has 1 atom stereocenters. The minimum atomic E-state index is -4.57. The fourth-order valence-corrected chi connectivity index (χ4v) is 3.48. The number of aromatic amines is 1. The third-order valence-electron chi connectivity index (χ3n) is 5.04. The molecule has 1 unspecified atom stereocenters. The number of methoxy groups -OCH3 is 1. The van der Waals surface area contributed by atoms with Crippen LogP contribution in [0, 0.1) is 0 Å². The summed E-state index contributed by atoms with van der Waals surface area (Å²) in [7, 11) is 1.60. The van der Waals surface area contributed by atoms with E-state index in [2.05, 4.69) is 15.3 Å². The Morgan fingerprint density at radius 3 is 2.41 bits per heavy atom. The number of hydrogen-bond acceptors (Lipinski definition) is 3. The van der Waals surface area contributed by atoms with Gasteiger partial charge in [0.15, 0.2) is 0 Å². The molecule has 1 aromatic heterocycles. The molecule has 5 nitrogen and oxygen atoms in total. The molecule has 0 aliphatic carbocycles. The van der Waals surface area contributed by atoms with Crippen molar-refractivity contribution >= 4 is 16.9 Å². The zero-order valence-corrected chi connectivity index (χ0v) is 17.1. The van der Waals surface area contributed by atoms with E-state index in [0.29, 0.717) is 17.7 Å². The number of nitrogens with zero attached hydrogens (tertiary/aromatic N) is 1. The van der Waals surface area contributed by atoms with Gasteiger partial charge in [-0.1, -0.05) is 48.5 Å². The molecule has 0 radical (unpaired) electrons. The Hall–Kier alpha value is -3.65. The first-order valence-electron chi connectivity index (χ1n) is 9.85. The lowest BCUT2D eigenvalue weighted by Crippen LogP contribution is -2.29. The smallest absolute Gasteiger partial charge is 0.380 e. The van der Waals surface area contributed by atoms with E-state index in [1.165, 1.54) is 6.07 Å². The maximum Gasteiger partial charge on any atom is 0.449 e. The van der Waals surface area contributed by atoms with Crippen LogP contribution in [0.2, 0.25) is 0 Å². The second kappa shape index (κ2) is 8.84. The fraction of sp³-hybridized carbons (Fsp3) is 0.167. The quantitative estimate of drug-likeness (QED) is 0.431. The van der Waals surface area contributed by atoms with E-state index in [0.717, 1.165) is 11.1 Å². The Labute approximate surface area is 182 Å². The standard InChI is InChI=1S/C24H20F3N3O2/c1-32-14-15-7-9-17(10-8-15)22(31)30-21(16-5-3-2-4-6-16)18-11-12-19-20(13-18)29-23(28-19)24(25,26)27/h2-13,21H,14H2,1H3,(H,28,29)(H,30,31). The molecule has 0 saturated carbocycles. The van der Waals surface area contributed by atoms with Crippen molar-refractivity contribution in [1.82, 2.24) is 15.3 Å². The summed E-state index contributed by atoms with van der Waals surface area (Å²) in [6.45, 7) is 0.443. The van der Waals surface area contributed by atoms with E-state index in [1.807, 2.05) is 42.5 Å². The van der Waals surface area contributed by atoms with E-state index in [-0.39, 0.29) is 16.9 Å². The Morgan fingerprint density at radius 2 is 1.75 bits per heavy atom. The maximum atomic E-state index is 13.0. The molecule has 0 saturated heterocycles. The van der Waals surface area contributed by atoms with Crippen molar-refractivity contribution in [1.29, 1.82) is 0 Å². The minimum Gasteiger partial charge on any atom is -0.380 e. The van der Waals surface area contributed by atoms with Gasteiger partial charge in [0.05, 0.1) is 23.7 Å². The molecule has 4 rings (SSSR count). The number of carbonyl (C=O) groups excluding carboxylic acids is 1. The minimum absolute atomic E-state index is 0.202. The lowest BCUT2D eigenvalue weighted by Gasteiger charge is -2.20. The Balaban J connectivity index is 1.67. The number of H-pyrrole nitrogens is 1. The first-order valence-corrected chi connectivity index (χ1v) is 9.85. The molecule has 0 fully saturated rings. The van der Waals surface area contributed by atoms with Crippen LogP contribution in [0.3, 0.4) is 0 Å². The molecule has 1 amide bonds. The summed E-state index contributed by atoms with van der Waals surface area (Å²) in [5, 5.41) is 2.99. The number of amides is 1. The summed E-state index contributed by atoms with van der Waals surface area (Å²) < 4.78 is 44.2. The van der Waals surface area contributed by atoms with E-state index >= 15 is 0 Å². The largest absolute Gasteiger partial charge is 0.449 e. The molecular formula is C24H20F3N3O2. The maximum absolute atomic E-state index is 13.0. The average Bonchev–Trinajstić information content (AvgIpc) is 3.23. The van der Waals surface area contributed by atoms with Crippen LogP contribution < -0.4 is 5.32 Å². The molecule has 0 aliphatic rings. The van der Waals surface area contributed by atoms with Crippen molar-refractivity contribution in [3.05, 3.63) is 101 Å². The molecule has 0 bridgehead atoms. The van der Waals surface area contributed by atoms with Gasteiger partial charge in [-0.25, -0.2) is 4.98 Å². The number of imidazole rings is 1. The van der Waals surface area contributed by atoms with Crippen LogP contribution in [-0.4, -0.2) is 23.0 Å². The summed E-state index contributed by atoms with van der Waals surface area (Å²) in [5.74, 6) is -1.36. The zero-order chi connectivity index (χ0) is 22.7. The molecule has 164 valence electrons. The molecule has 0 aliphatic heterocycles. The van der Waals surface area contributed by atoms with Gasteiger partial charge in [0.25, 0.3) is 5.91 Å². The molecule has 4 aromatic rings. The summed E-state index contributed by atoms with van der Waals surface area (Å²) in [6, 6.07) is 20.5. The predicted octanol–water partition coefficient (Wildman–Crippen LogP) is 5.25. The number of halogens is 3. The summed E-state index contributed by atoms with van der Waals surface area (Å²) in [6.07, 6.45) is -4.57. The van der Waals surface area contributed by atoms with Gasteiger partial charge in [-0.3, -0.25) is 4.79 Å². The molecule has 8 heteroatoms. The molecule has 3 aromatic carbocycles. The summed E-state index contributed by atoms with van der Waals surface area (Å²) in [4.78, 5) is 18.9. The van der Waals surface area contributed by atoms with Crippen LogP contribution in [0.15, 0.2) is 72.8 Å². The normalized spacial score (nSPS) is 12.6. The van der Waals surface area contributed by atoms with Crippen molar-refractivity contribution in [2.45, 2.75) is 18.8 Å². The second-order valence-corrected chi connectivity index (χ2v) is 7.31. The van der Waals surface area contributed by atoms with Crippen molar-refractivity contribution in [2.24, 2.45) is 0 Å². The second-order valence-electron chi connectivity index (χ2n) is 7.31. The van der Waals surface area contributed by atoms with Crippen molar-refractivity contribution < 1.29 is 22.7 Å². The number of nitrogens with one attached hydrogen (secondary N) is 2. The summed E-state index contributed by atoms with van der Waals surface area (Å²) >= 11 is 0. The van der Waals surface area contributed by atoms with Crippen LogP contribution in [0.25, 0.3) is 11.0 Å². The number of hydrogen-bond donors (Lipinski definition) is 2. The third-order valence-corrected chi connectivity index (χ3v) is 5.04. The third kappa shape index (κ3) is 4.65. The first-order chi connectivity index (χ1) is 15.3. The van der Waals surface area contributed by atoms with Crippen LogP contribution in [0.1, 0.15) is 38.9 Å². The van der Waals surface area contributed by atoms with Gasteiger partial charge in [-0.05, 0) is 41.0 Å². The van der Waals surface area contributed by atoms with E-state index in [1.54, 1.807) is 31.4 Å². The highest BCUT2D eigenvalue weighted by atomic mass is 19.4.